The summed E-state index contributed by atoms with van der Waals surface area (Å²) in [6.45, 7) is 15.9. The second kappa shape index (κ2) is 22.9. The van der Waals surface area contributed by atoms with E-state index in [1.54, 1.807) is 27.7 Å². The maximum atomic E-state index is 14.7. The number of aromatic nitrogens is 1. The van der Waals surface area contributed by atoms with E-state index in [-0.39, 0.29) is 55.2 Å². The highest BCUT2D eigenvalue weighted by Gasteiger charge is 2.53. The van der Waals surface area contributed by atoms with Gasteiger partial charge in [-0.1, -0.05) is 46.2 Å². The van der Waals surface area contributed by atoms with E-state index >= 15 is 0 Å². The van der Waals surface area contributed by atoms with E-state index in [1.807, 2.05) is 53.6 Å². The fourth-order valence-electron chi connectivity index (χ4n) is 10.2. The smallest absolute Gasteiger partial charge is 0.422 e. The molecule has 3 heterocycles. The zero-order chi connectivity index (χ0) is 49.7. The summed E-state index contributed by atoms with van der Waals surface area (Å²) in [5.41, 5.74) is -3.66. The number of carbonyl (C=O) groups is 1. The van der Waals surface area contributed by atoms with E-state index in [2.05, 4.69) is 10.1 Å². The molecule has 1 saturated carbocycles. The monoisotopic (exact) mass is 950 g/mol. The van der Waals surface area contributed by atoms with Crippen LogP contribution in [0, 0.1) is 29.6 Å². The lowest BCUT2D eigenvalue weighted by atomic mass is 9.69. The van der Waals surface area contributed by atoms with E-state index in [0.29, 0.717) is 18.6 Å². The third kappa shape index (κ3) is 13.4. The lowest BCUT2D eigenvalue weighted by Gasteiger charge is -2.50. The van der Waals surface area contributed by atoms with Gasteiger partial charge in [-0.25, -0.2) is 0 Å². The number of Topliss-reactive ketones (excluding diaryl/α,β-unsaturated/α-hetero) is 1. The molecule has 1 aromatic rings. The van der Waals surface area contributed by atoms with E-state index in [1.165, 1.54) is 39.5 Å². The van der Waals surface area contributed by atoms with Crippen LogP contribution in [0.15, 0.2) is 23.5 Å². The number of alkyl halides is 3. The molecule has 0 unspecified atom stereocenters. The van der Waals surface area contributed by atoms with Crippen LogP contribution in [0.25, 0.3) is 0 Å². The molecule has 0 spiro atoms. The van der Waals surface area contributed by atoms with Crippen LogP contribution in [0.4, 0.5) is 13.2 Å². The SMILES string of the molecule is CC[C@H]1CC(=O)[C@H](C)[C@@H](O[C@H]2C[C@@](C)(OC)[C@@H](O)[C@H](C)O2)[C@H](C)[C@@H](O[C@@H]2O[C@H](C)C[C@H](N(C)C)[C@H]2O)[C@](C)(OC)C[C@@H](C)/C(=N\OCc2cc(OCC(F)(F)F)ccn2)[C@H](C)[C@@H](O)[C@]1(C)O. The summed E-state index contributed by atoms with van der Waals surface area (Å²) in [6, 6.07) is 2.27. The molecule has 0 aromatic carbocycles. The van der Waals surface area contributed by atoms with Gasteiger partial charge in [-0.2, -0.15) is 13.2 Å². The summed E-state index contributed by atoms with van der Waals surface area (Å²) < 4.78 is 82.3. The van der Waals surface area contributed by atoms with Gasteiger partial charge in [0.25, 0.3) is 0 Å². The minimum Gasteiger partial charge on any atom is -0.484 e. The molecule has 0 amide bonds. The van der Waals surface area contributed by atoms with E-state index < -0.39 is 108 Å². The van der Waals surface area contributed by atoms with Crippen LogP contribution in [0.1, 0.15) is 107 Å². The van der Waals surface area contributed by atoms with Crippen molar-refractivity contribution in [2.24, 2.45) is 34.7 Å². The molecule has 2 saturated heterocycles. The molecule has 380 valence electrons. The third-order valence-electron chi connectivity index (χ3n) is 14.5. The summed E-state index contributed by atoms with van der Waals surface area (Å²) in [5, 5.41) is 51.8. The molecule has 0 radical (unpaired) electrons. The number of ether oxygens (including phenoxy) is 7. The van der Waals surface area contributed by atoms with Gasteiger partial charge in [-0.05, 0) is 73.5 Å². The molecule has 16 nitrogen and oxygen atoms in total. The van der Waals surface area contributed by atoms with Crippen molar-refractivity contribution in [2.75, 3.05) is 34.9 Å². The number of aliphatic hydroxyl groups is 4. The van der Waals surface area contributed by atoms with Gasteiger partial charge in [0.15, 0.2) is 25.8 Å². The molecule has 66 heavy (non-hydrogen) atoms. The molecule has 1 aromatic heterocycles. The summed E-state index contributed by atoms with van der Waals surface area (Å²) >= 11 is 0. The maximum absolute atomic E-state index is 14.7. The fourth-order valence-corrected chi connectivity index (χ4v) is 10.2. The van der Waals surface area contributed by atoms with Crippen molar-refractivity contribution >= 4 is 11.5 Å². The summed E-state index contributed by atoms with van der Waals surface area (Å²) in [4.78, 5) is 26.7. The van der Waals surface area contributed by atoms with Crippen molar-refractivity contribution < 1.29 is 76.4 Å². The van der Waals surface area contributed by atoms with Gasteiger partial charge < -0.3 is 63.3 Å². The molecule has 19 heteroatoms. The van der Waals surface area contributed by atoms with Crippen molar-refractivity contribution in [1.29, 1.82) is 0 Å². The van der Waals surface area contributed by atoms with Gasteiger partial charge in [0.1, 0.15) is 23.7 Å². The normalized spacial score (nSPS) is 42.0. The summed E-state index contributed by atoms with van der Waals surface area (Å²) in [6.07, 6.45) is -10.9. The zero-order valence-corrected chi connectivity index (χ0v) is 41.3. The highest BCUT2D eigenvalue weighted by molar-refractivity contribution is 5.89. The minimum atomic E-state index is -4.55. The number of hydrogen-bond acceptors (Lipinski definition) is 16. The molecule has 4 rings (SSSR count). The van der Waals surface area contributed by atoms with Gasteiger partial charge in [-0.3, -0.25) is 9.78 Å². The van der Waals surface area contributed by atoms with Crippen LogP contribution in [-0.4, -0.2) is 161 Å². The summed E-state index contributed by atoms with van der Waals surface area (Å²) in [5.74, 6) is -4.12. The number of rotatable bonds is 13. The van der Waals surface area contributed by atoms with Crippen molar-refractivity contribution in [3.05, 3.63) is 24.0 Å². The fraction of sp³-hybridized carbons (Fsp3) is 0.851. The number of nitrogens with zero attached hydrogens (tertiary/aromatic N) is 3. The number of halogens is 3. The van der Waals surface area contributed by atoms with Gasteiger partial charge in [0.05, 0.1) is 58.7 Å². The average molecular weight is 950 g/mol. The average Bonchev–Trinajstić information content (AvgIpc) is 3.25. The van der Waals surface area contributed by atoms with E-state index in [0.717, 1.165) is 0 Å². The highest BCUT2D eigenvalue weighted by atomic mass is 19.4. The van der Waals surface area contributed by atoms with Crippen LogP contribution >= 0.6 is 0 Å². The predicted octanol–water partition coefficient (Wildman–Crippen LogP) is 5.44. The molecule has 1 aliphatic carbocycles. The Bertz CT molecular complexity index is 1740. The number of aliphatic hydroxyl groups excluding tert-OH is 3. The van der Waals surface area contributed by atoms with Gasteiger partial charge in [0.2, 0.25) is 0 Å². The lowest BCUT2D eigenvalue weighted by molar-refractivity contribution is -0.318. The van der Waals surface area contributed by atoms with Crippen LogP contribution < -0.4 is 4.74 Å². The Morgan fingerprint density at radius 1 is 0.939 bits per heavy atom. The molecular formula is C47H78F3N3O13. The predicted molar refractivity (Wildman–Crippen MR) is 237 cm³/mol. The van der Waals surface area contributed by atoms with E-state index in [9.17, 15) is 38.4 Å². The number of oxime groups is 1. The summed E-state index contributed by atoms with van der Waals surface area (Å²) in [7, 11) is 6.76. The first-order chi connectivity index (χ1) is 30.6. The van der Waals surface area contributed by atoms with Gasteiger partial charge in [0, 0.05) is 69.0 Å². The molecule has 18 atom stereocenters. The van der Waals surface area contributed by atoms with Crippen molar-refractivity contribution in [3.8, 4) is 5.75 Å². The van der Waals surface area contributed by atoms with E-state index in [4.69, 9.17) is 38.0 Å². The zero-order valence-electron chi connectivity index (χ0n) is 41.3. The third-order valence-corrected chi connectivity index (χ3v) is 14.5. The maximum Gasteiger partial charge on any atom is 0.422 e. The Hall–Kier alpha value is -2.56. The molecular weight excluding hydrogens is 872 g/mol. The number of likely N-dealkylation sites (N-methyl/N-ethyl adjacent to an activating group) is 1. The highest BCUT2D eigenvalue weighted by Crippen LogP contribution is 2.43. The molecule has 4 N–H and O–H groups in total. The molecule has 3 fully saturated rings. The van der Waals surface area contributed by atoms with Crippen LogP contribution in [0.5, 0.6) is 5.75 Å². The van der Waals surface area contributed by atoms with Crippen LogP contribution in [-0.2, 0) is 44.7 Å². The largest absolute Gasteiger partial charge is 0.484 e. The van der Waals surface area contributed by atoms with Crippen LogP contribution in [0.3, 0.4) is 0 Å². The number of carbonyl (C=O) groups excluding carboxylic acids is 1. The van der Waals surface area contributed by atoms with Crippen LogP contribution in [0.2, 0.25) is 0 Å². The standard InChI is InChI=1S/C47H78F3N3O13/c1-15-31-19-35(54)27(4)39(65-36-22-44(8,59-13)41(57)30(7)64-36)29(6)42(66-43-38(55)34(53(11)12)18-26(3)63-43)45(9,60-14)21-25(2)37(28(5)40(56)46(31,10)58)52-62-23-32-20-33(16-17-51-32)61-24-47(48,49)50/h16-17,20,25-31,34,36,38-43,55-58H,15,18-19,21-24H2,1-14H3/b52-37+/t25-,26-,27+,28+,29+,30+,31+,34+,36+,38-,39-,40-,41+,42-,43+,44-,45-,46-/m1/s1. The first kappa shape index (κ1) is 56.0. The Balaban J connectivity index is 1.87. The topological polar surface area (TPSA) is 200 Å². The Morgan fingerprint density at radius 3 is 2.18 bits per heavy atom. The first-order valence-electron chi connectivity index (χ1n) is 23.1. The second-order valence-electron chi connectivity index (χ2n) is 19.8. The Kier molecular flexibility index (Phi) is 19.4. The molecule has 2 aliphatic heterocycles. The second-order valence-corrected chi connectivity index (χ2v) is 19.8. The minimum absolute atomic E-state index is 0.0687. The molecule has 0 bridgehead atoms. The van der Waals surface area contributed by atoms with Crippen molar-refractivity contribution in [3.63, 3.8) is 0 Å². The van der Waals surface area contributed by atoms with Gasteiger partial charge in [-0.15, -0.1) is 0 Å². The number of methoxy groups -OCH3 is 2. The van der Waals surface area contributed by atoms with Crippen molar-refractivity contribution in [1.82, 2.24) is 9.88 Å². The number of pyridine rings is 1. The molecule has 3 aliphatic rings. The van der Waals surface area contributed by atoms with Crippen molar-refractivity contribution in [2.45, 2.75) is 192 Å². The van der Waals surface area contributed by atoms with Gasteiger partial charge >= 0.3 is 6.18 Å². The Morgan fingerprint density at radius 2 is 1.59 bits per heavy atom. The number of hydrogen-bond donors (Lipinski definition) is 4. The quantitative estimate of drug-likeness (QED) is 0.182. The lowest BCUT2D eigenvalue weighted by Crippen LogP contribution is -2.61. The Labute approximate surface area is 388 Å². The first-order valence-corrected chi connectivity index (χ1v) is 23.1. The number of ketones is 1.